The first-order valence-electron chi connectivity index (χ1n) is 6.16. The van der Waals surface area contributed by atoms with Gasteiger partial charge in [0.05, 0.1) is 12.2 Å². The highest BCUT2D eigenvalue weighted by Crippen LogP contribution is 2.34. The van der Waals surface area contributed by atoms with Crippen LogP contribution >= 0.6 is 15.9 Å². The van der Waals surface area contributed by atoms with Gasteiger partial charge in [-0.2, -0.15) is 0 Å². The van der Waals surface area contributed by atoms with Crippen LogP contribution in [0.4, 0.5) is 13.2 Å². The van der Waals surface area contributed by atoms with Crippen LogP contribution in [0.25, 0.3) is 5.70 Å². The molecular weight excluding hydrogens is 335 g/mol. The van der Waals surface area contributed by atoms with Crippen LogP contribution in [0.1, 0.15) is 18.9 Å². The van der Waals surface area contributed by atoms with Gasteiger partial charge in [0.2, 0.25) is 5.91 Å². The second-order valence-electron chi connectivity index (χ2n) is 4.66. The topological polar surface area (TPSA) is 20.3 Å². The highest BCUT2D eigenvalue weighted by Gasteiger charge is 2.32. The molecule has 2 rings (SSSR count). The van der Waals surface area contributed by atoms with Gasteiger partial charge in [0.15, 0.2) is 0 Å². The van der Waals surface area contributed by atoms with Crippen LogP contribution < -0.4 is 0 Å². The van der Waals surface area contributed by atoms with Crippen LogP contribution in [-0.2, 0) is 4.79 Å². The van der Waals surface area contributed by atoms with E-state index >= 15 is 0 Å². The van der Waals surface area contributed by atoms with Crippen molar-refractivity contribution in [3.63, 3.8) is 0 Å². The van der Waals surface area contributed by atoms with E-state index in [4.69, 9.17) is 0 Å². The Bertz CT molecular complexity index is 539. The van der Waals surface area contributed by atoms with E-state index < -0.39 is 24.7 Å². The zero-order chi connectivity index (χ0) is 14.9. The molecular formula is C14H13BrF3NO. The molecule has 0 aliphatic carbocycles. The van der Waals surface area contributed by atoms with Crippen LogP contribution in [0.2, 0.25) is 0 Å². The lowest BCUT2D eigenvalue weighted by atomic mass is 9.97. The summed E-state index contributed by atoms with van der Waals surface area (Å²) in [6, 6.07) is 4.36. The Kier molecular flexibility index (Phi) is 4.52. The number of nitrogens with zero attached hydrogens (tertiary/aromatic N) is 1. The highest BCUT2D eigenvalue weighted by atomic mass is 79.9. The number of hydrogen-bond donors (Lipinski definition) is 0. The van der Waals surface area contributed by atoms with Crippen LogP contribution in [0.5, 0.6) is 0 Å². The fraction of sp³-hybridized carbons (Fsp3) is 0.357. The quantitative estimate of drug-likeness (QED) is 0.807. The van der Waals surface area contributed by atoms with Crippen molar-refractivity contribution in [1.82, 2.24) is 4.90 Å². The van der Waals surface area contributed by atoms with E-state index in [1.807, 2.05) is 0 Å². The summed E-state index contributed by atoms with van der Waals surface area (Å²) >= 11 is 3.21. The summed E-state index contributed by atoms with van der Waals surface area (Å²) in [5.74, 6) is -1.33. The number of alkyl halides is 2. The fourth-order valence-corrected chi connectivity index (χ4v) is 2.74. The summed E-state index contributed by atoms with van der Waals surface area (Å²) < 4.78 is 39.8. The molecule has 0 spiro atoms. The Morgan fingerprint density at radius 2 is 2.15 bits per heavy atom. The third-order valence-electron chi connectivity index (χ3n) is 3.18. The standard InChI is InChI=1S/C14H13BrF3NO/c1-8-5-6-11(19(14(8)20)7-12(17)18)13-9(15)3-2-4-10(13)16/h2-4,6,8,12H,5,7H2,1H3. The number of carbonyl (C=O) groups excluding carboxylic acids is 1. The molecule has 1 amide bonds. The molecule has 2 nitrogen and oxygen atoms in total. The Labute approximate surface area is 123 Å². The van der Waals surface area contributed by atoms with Gasteiger partial charge in [0.1, 0.15) is 5.82 Å². The van der Waals surface area contributed by atoms with E-state index in [1.54, 1.807) is 19.1 Å². The van der Waals surface area contributed by atoms with Gasteiger partial charge in [-0.3, -0.25) is 4.79 Å². The lowest BCUT2D eigenvalue weighted by molar-refractivity contribution is -0.133. The molecule has 108 valence electrons. The minimum Gasteiger partial charge on any atom is -0.306 e. The minimum atomic E-state index is -2.67. The second kappa shape index (κ2) is 5.99. The molecule has 0 aromatic heterocycles. The van der Waals surface area contributed by atoms with Crippen molar-refractivity contribution >= 4 is 27.5 Å². The fourth-order valence-electron chi connectivity index (χ4n) is 2.19. The van der Waals surface area contributed by atoms with Crippen LogP contribution in [-0.4, -0.2) is 23.8 Å². The normalized spacial score (nSPS) is 19.5. The minimum absolute atomic E-state index is 0.147. The third-order valence-corrected chi connectivity index (χ3v) is 3.84. The Balaban J connectivity index is 2.49. The van der Waals surface area contributed by atoms with Crippen LogP contribution in [0.15, 0.2) is 28.7 Å². The summed E-state index contributed by atoms with van der Waals surface area (Å²) in [7, 11) is 0. The largest absolute Gasteiger partial charge is 0.306 e. The number of allylic oxidation sites excluding steroid dienone is 1. The van der Waals surface area contributed by atoms with Gasteiger partial charge in [0.25, 0.3) is 6.43 Å². The van der Waals surface area contributed by atoms with Crippen molar-refractivity contribution < 1.29 is 18.0 Å². The van der Waals surface area contributed by atoms with Crippen molar-refractivity contribution in [2.75, 3.05) is 6.54 Å². The van der Waals surface area contributed by atoms with Crippen molar-refractivity contribution in [2.24, 2.45) is 5.92 Å². The van der Waals surface area contributed by atoms with Gasteiger partial charge in [-0.15, -0.1) is 0 Å². The van der Waals surface area contributed by atoms with Gasteiger partial charge in [0, 0.05) is 16.0 Å². The van der Waals surface area contributed by atoms with E-state index in [1.165, 1.54) is 12.1 Å². The molecule has 0 bridgehead atoms. The average Bonchev–Trinajstić information content (AvgIpc) is 2.37. The summed E-state index contributed by atoms with van der Waals surface area (Å²) in [4.78, 5) is 13.1. The van der Waals surface area contributed by atoms with E-state index in [0.717, 1.165) is 4.90 Å². The van der Waals surface area contributed by atoms with Gasteiger partial charge in [-0.1, -0.05) is 19.1 Å². The molecule has 1 atom stereocenters. The summed E-state index contributed by atoms with van der Waals surface area (Å²) in [6.45, 7) is 0.945. The number of amides is 1. The molecule has 0 N–H and O–H groups in total. The van der Waals surface area contributed by atoms with E-state index in [-0.39, 0.29) is 17.2 Å². The molecule has 20 heavy (non-hydrogen) atoms. The van der Waals surface area contributed by atoms with E-state index in [0.29, 0.717) is 10.9 Å². The van der Waals surface area contributed by atoms with Gasteiger partial charge in [-0.05, 0) is 34.5 Å². The predicted molar refractivity (Wildman–Crippen MR) is 73.6 cm³/mol. The van der Waals surface area contributed by atoms with Gasteiger partial charge < -0.3 is 4.90 Å². The Morgan fingerprint density at radius 1 is 1.45 bits per heavy atom. The second-order valence-corrected chi connectivity index (χ2v) is 5.52. The Hall–Kier alpha value is -1.30. The lowest BCUT2D eigenvalue weighted by Crippen LogP contribution is -2.39. The highest BCUT2D eigenvalue weighted by molar-refractivity contribution is 9.10. The maximum atomic E-state index is 14.0. The van der Waals surface area contributed by atoms with E-state index in [9.17, 15) is 18.0 Å². The van der Waals surface area contributed by atoms with Crippen molar-refractivity contribution in [3.05, 3.63) is 40.1 Å². The summed E-state index contributed by atoms with van der Waals surface area (Å²) in [5.41, 5.74) is 0.353. The molecule has 0 fully saturated rings. The van der Waals surface area contributed by atoms with Gasteiger partial charge in [-0.25, -0.2) is 13.2 Å². The van der Waals surface area contributed by atoms with Gasteiger partial charge >= 0.3 is 0 Å². The molecule has 1 aromatic rings. The molecule has 1 heterocycles. The molecule has 1 aliphatic heterocycles. The number of rotatable bonds is 3. The SMILES string of the molecule is CC1CC=C(c2c(F)cccc2Br)N(CC(F)F)C1=O. The molecule has 1 unspecified atom stereocenters. The van der Waals surface area contributed by atoms with Crippen LogP contribution in [0, 0.1) is 11.7 Å². The maximum absolute atomic E-state index is 14.0. The summed E-state index contributed by atoms with van der Waals surface area (Å²) in [6.07, 6.45) is -0.620. The van der Waals surface area contributed by atoms with Crippen molar-refractivity contribution in [1.29, 1.82) is 0 Å². The first-order chi connectivity index (χ1) is 9.41. The number of halogens is 4. The zero-order valence-electron chi connectivity index (χ0n) is 10.7. The van der Waals surface area contributed by atoms with Crippen molar-refractivity contribution in [2.45, 2.75) is 19.8 Å². The van der Waals surface area contributed by atoms with Crippen molar-refractivity contribution in [3.8, 4) is 0 Å². The molecule has 0 saturated carbocycles. The smallest absolute Gasteiger partial charge is 0.256 e. The number of hydrogen-bond acceptors (Lipinski definition) is 1. The first-order valence-corrected chi connectivity index (χ1v) is 6.95. The zero-order valence-corrected chi connectivity index (χ0v) is 12.3. The molecule has 0 saturated heterocycles. The lowest BCUT2D eigenvalue weighted by Gasteiger charge is -2.32. The monoisotopic (exact) mass is 347 g/mol. The average molecular weight is 348 g/mol. The number of carbonyl (C=O) groups is 1. The van der Waals surface area contributed by atoms with E-state index in [2.05, 4.69) is 15.9 Å². The molecule has 1 aromatic carbocycles. The molecule has 1 aliphatic rings. The van der Waals surface area contributed by atoms with Crippen LogP contribution in [0.3, 0.4) is 0 Å². The first kappa shape index (κ1) is 15.1. The predicted octanol–water partition coefficient (Wildman–Crippen LogP) is 4.06. The third kappa shape index (κ3) is 2.90. The maximum Gasteiger partial charge on any atom is 0.256 e. The number of benzene rings is 1. The molecule has 6 heteroatoms. The summed E-state index contributed by atoms with van der Waals surface area (Å²) in [5, 5.41) is 0. The molecule has 0 radical (unpaired) electrons. The Morgan fingerprint density at radius 3 is 2.75 bits per heavy atom.